The molecule has 1 N–H and O–H groups in total. The van der Waals surface area contributed by atoms with Gasteiger partial charge in [-0.2, -0.15) is 4.31 Å². The largest absolute Gasteiger partial charge is 0.381 e. The van der Waals surface area contributed by atoms with Crippen molar-refractivity contribution in [3.8, 4) is 0 Å². The molecule has 0 atom stereocenters. The van der Waals surface area contributed by atoms with Crippen LogP contribution in [0, 0.1) is 13.8 Å². The molecule has 1 fully saturated rings. The average Bonchev–Trinajstić information content (AvgIpc) is 2.70. The molecule has 0 radical (unpaired) electrons. The Morgan fingerprint density at radius 3 is 2.47 bits per heavy atom. The molecule has 1 aliphatic rings. The van der Waals surface area contributed by atoms with Gasteiger partial charge in [0.2, 0.25) is 15.9 Å². The number of sulfonamides is 1. The Labute approximate surface area is 186 Å². The maximum atomic E-state index is 12.9. The normalized spacial score (nSPS) is 16.4. The number of hydrogen-bond acceptors (Lipinski definition) is 4. The minimum absolute atomic E-state index is 0.189. The van der Waals surface area contributed by atoms with Gasteiger partial charge < -0.3 is 10.1 Å². The number of ether oxygens (including phenoxy) is 1. The number of likely N-dealkylation sites (N-methyl/N-ethyl adjacent to an activating group) is 1. The third kappa shape index (κ3) is 4.94. The van der Waals surface area contributed by atoms with Gasteiger partial charge in [0.25, 0.3) is 0 Å². The highest BCUT2D eigenvalue weighted by Crippen LogP contribution is 2.33. The van der Waals surface area contributed by atoms with E-state index in [0.717, 1.165) is 25.5 Å². The summed E-state index contributed by atoms with van der Waals surface area (Å²) in [5.74, 6) is -0.341. The van der Waals surface area contributed by atoms with E-state index in [-0.39, 0.29) is 17.3 Å². The summed E-state index contributed by atoms with van der Waals surface area (Å²) in [5.41, 5.74) is 2.31. The fraction of sp³-hybridized carbons (Fsp3) is 0.409. The van der Waals surface area contributed by atoms with Crippen molar-refractivity contribution in [1.29, 1.82) is 0 Å². The Morgan fingerprint density at radius 2 is 1.83 bits per heavy atom. The minimum Gasteiger partial charge on any atom is -0.381 e. The van der Waals surface area contributed by atoms with Gasteiger partial charge >= 0.3 is 0 Å². The number of halogens is 1. The maximum absolute atomic E-state index is 12.9. The van der Waals surface area contributed by atoms with Crippen molar-refractivity contribution in [2.75, 3.05) is 26.8 Å². The summed E-state index contributed by atoms with van der Waals surface area (Å²) in [5, 5.41) is 3.10. The van der Waals surface area contributed by atoms with Crippen LogP contribution >= 0.6 is 15.9 Å². The number of aryl methyl sites for hydroxylation is 2. The first-order valence-corrected chi connectivity index (χ1v) is 12.1. The van der Waals surface area contributed by atoms with Gasteiger partial charge in [0.05, 0.1) is 17.0 Å². The lowest BCUT2D eigenvalue weighted by Crippen LogP contribution is -2.52. The van der Waals surface area contributed by atoms with Crippen molar-refractivity contribution in [1.82, 2.24) is 9.62 Å². The molecule has 1 aliphatic heterocycles. The first-order chi connectivity index (χ1) is 14.1. The number of rotatable bonds is 6. The van der Waals surface area contributed by atoms with E-state index in [1.165, 1.54) is 7.05 Å². The van der Waals surface area contributed by atoms with Crippen LogP contribution in [0.25, 0.3) is 0 Å². The van der Waals surface area contributed by atoms with E-state index in [4.69, 9.17) is 4.74 Å². The summed E-state index contributed by atoms with van der Waals surface area (Å²) >= 11 is 3.49. The summed E-state index contributed by atoms with van der Waals surface area (Å²) < 4.78 is 33.4. The lowest BCUT2D eigenvalue weighted by molar-refractivity contribution is -0.124. The Bertz CT molecular complexity index is 1030. The zero-order chi connectivity index (χ0) is 21.9. The number of carbonyl (C=O) groups excluding carboxylic acids is 1. The van der Waals surface area contributed by atoms with Gasteiger partial charge in [-0.3, -0.25) is 4.79 Å². The van der Waals surface area contributed by atoms with Crippen molar-refractivity contribution < 1.29 is 17.9 Å². The molecule has 3 rings (SSSR count). The summed E-state index contributed by atoms with van der Waals surface area (Å²) in [7, 11) is -2.33. The second-order valence-corrected chi connectivity index (χ2v) is 10.7. The third-order valence-corrected chi connectivity index (χ3v) is 7.95. The Balaban J connectivity index is 1.79. The fourth-order valence-corrected chi connectivity index (χ4v) is 5.25. The van der Waals surface area contributed by atoms with Crippen molar-refractivity contribution in [2.24, 2.45) is 0 Å². The van der Waals surface area contributed by atoms with Crippen LogP contribution in [0.15, 0.2) is 51.8 Å². The summed E-state index contributed by atoms with van der Waals surface area (Å²) in [6.45, 7) is 4.60. The molecule has 0 aromatic heterocycles. The smallest absolute Gasteiger partial charge is 0.243 e. The highest BCUT2D eigenvalue weighted by Gasteiger charge is 2.37. The number of nitrogens with zero attached hydrogens (tertiary/aromatic N) is 1. The second kappa shape index (κ2) is 9.18. The Morgan fingerprint density at radius 1 is 1.13 bits per heavy atom. The van der Waals surface area contributed by atoms with Crippen molar-refractivity contribution in [3.63, 3.8) is 0 Å². The van der Waals surface area contributed by atoms with E-state index in [1.54, 1.807) is 18.2 Å². The van der Waals surface area contributed by atoms with Crippen LogP contribution in [-0.4, -0.2) is 45.4 Å². The van der Waals surface area contributed by atoms with Crippen molar-refractivity contribution in [2.45, 2.75) is 37.1 Å². The van der Waals surface area contributed by atoms with Crippen LogP contribution in [0.5, 0.6) is 0 Å². The minimum atomic E-state index is -3.76. The lowest BCUT2D eigenvalue weighted by Gasteiger charge is -2.39. The van der Waals surface area contributed by atoms with Gasteiger partial charge in [-0.1, -0.05) is 34.1 Å². The molecule has 1 amide bonds. The van der Waals surface area contributed by atoms with E-state index in [1.807, 2.05) is 38.1 Å². The van der Waals surface area contributed by atoms with E-state index >= 15 is 0 Å². The molecule has 1 saturated heterocycles. The van der Waals surface area contributed by atoms with Gasteiger partial charge in [-0.05, 0) is 67.6 Å². The SMILES string of the molecule is Cc1ccc(S(=O)(=O)N(C)CC(=O)NC2(c3cccc(Br)c3)CCOCC2)cc1C. The fourth-order valence-electron chi connectivity index (χ4n) is 3.64. The van der Waals surface area contributed by atoms with Crippen LogP contribution in [0.4, 0.5) is 0 Å². The van der Waals surface area contributed by atoms with Crippen LogP contribution < -0.4 is 5.32 Å². The molecular formula is C22H27BrN2O4S. The average molecular weight is 495 g/mol. The molecule has 0 spiro atoms. The molecule has 6 nitrogen and oxygen atoms in total. The van der Waals surface area contributed by atoms with Crippen LogP contribution in [0.3, 0.4) is 0 Å². The van der Waals surface area contributed by atoms with E-state index in [0.29, 0.717) is 26.1 Å². The van der Waals surface area contributed by atoms with Crippen molar-refractivity contribution in [3.05, 3.63) is 63.6 Å². The Hall–Kier alpha value is -1.74. The maximum Gasteiger partial charge on any atom is 0.243 e. The van der Waals surface area contributed by atoms with Crippen molar-refractivity contribution >= 4 is 31.9 Å². The van der Waals surface area contributed by atoms with Gasteiger partial charge in [0.15, 0.2) is 0 Å². The lowest BCUT2D eigenvalue weighted by atomic mass is 9.82. The van der Waals surface area contributed by atoms with Gasteiger partial charge in [-0.25, -0.2) is 8.42 Å². The standard InChI is InChI=1S/C22H27BrN2O4S/c1-16-7-8-20(13-17(16)2)30(27,28)25(3)15-21(26)24-22(9-11-29-12-10-22)18-5-4-6-19(23)14-18/h4-8,13-14H,9-12,15H2,1-3H3,(H,24,26). The number of nitrogens with one attached hydrogen (secondary N) is 1. The molecule has 30 heavy (non-hydrogen) atoms. The molecule has 0 bridgehead atoms. The summed E-state index contributed by atoms with van der Waals surface area (Å²) in [6.07, 6.45) is 1.26. The molecule has 2 aromatic rings. The zero-order valence-corrected chi connectivity index (χ0v) is 19.8. The van der Waals surface area contributed by atoms with E-state index < -0.39 is 15.6 Å². The van der Waals surface area contributed by atoms with Crippen LogP contribution in [0.2, 0.25) is 0 Å². The molecule has 8 heteroatoms. The first kappa shape index (κ1) is 22.9. The highest BCUT2D eigenvalue weighted by atomic mass is 79.9. The number of amides is 1. The summed E-state index contributed by atoms with van der Waals surface area (Å²) in [4.78, 5) is 13.1. The molecule has 0 saturated carbocycles. The predicted molar refractivity (Wildman–Crippen MR) is 120 cm³/mol. The molecule has 0 unspecified atom stereocenters. The second-order valence-electron chi connectivity index (χ2n) is 7.76. The molecular weight excluding hydrogens is 468 g/mol. The van der Waals surface area contributed by atoms with E-state index in [2.05, 4.69) is 21.2 Å². The number of hydrogen-bond donors (Lipinski definition) is 1. The monoisotopic (exact) mass is 494 g/mol. The predicted octanol–water partition coefficient (Wildman–Crippen LogP) is 3.51. The molecule has 162 valence electrons. The topological polar surface area (TPSA) is 75.7 Å². The highest BCUT2D eigenvalue weighted by molar-refractivity contribution is 9.10. The van der Waals surface area contributed by atoms with Gasteiger partial charge in [0, 0.05) is 24.7 Å². The molecule has 0 aliphatic carbocycles. The zero-order valence-electron chi connectivity index (χ0n) is 17.4. The van der Waals surface area contributed by atoms with Gasteiger partial charge in [0.1, 0.15) is 0 Å². The quantitative estimate of drug-likeness (QED) is 0.666. The van der Waals surface area contributed by atoms with Gasteiger partial charge in [-0.15, -0.1) is 0 Å². The number of benzene rings is 2. The Kier molecular flexibility index (Phi) is 7.02. The van der Waals surface area contributed by atoms with Crippen LogP contribution in [-0.2, 0) is 25.1 Å². The molecule has 2 aromatic carbocycles. The van der Waals surface area contributed by atoms with E-state index in [9.17, 15) is 13.2 Å². The van der Waals surface area contributed by atoms with Crippen LogP contribution in [0.1, 0.15) is 29.5 Å². The molecule has 1 heterocycles. The first-order valence-electron chi connectivity index (χ1n) is 9.82. The third-order valence-electron chi connectivity index (χ3n) is 5.66. The number of carbonyl (C=O) groups is 1. The summed E-state index contributed by atoms with van der Waals surface area (Å²) in [6, 6.07) is 12.8.